The standard InChI is InChI=1S/C12H16BrNO3/c1-8(4-5-13)7-14-12(17)10-6-9(15)2-3-11(10)16/h2-3,6,8,15-16H,4-5,7H2,1H3,(H,14,17). The van der Waals surface area contributed by atoms with Crippen molar-refractivity contribution in [2.75, 3.05) is 11.9 Å². The third-order valence-electron chi connectivity index (χ3n) is 2.44. The summed E-state index contributed by atoms with van der Waals surface area (Å²) in [6.07, 6.45) is 0.965. The summed E-state index contributed by atoms with van der Waals surface area (Å²) >= 11 is 3.34. The first-order valence-corrected chi connectivity index (χ1v) is 6.53. The molecule has 1 aromatic rings. The molecule has 0 bridgehead atoms. The molecule has 0 saturated heterocycles. The van der Waals surface area contributed by atoms with Gasteiger partial charge in [0.05, 0.1) is 5.56 Å². The molecule has 4 nitrogen and oxygen atoms in total. The molecule has 0 radical (unpaired) electrons. The summed E-state index contributed by atoms with van der Waals surface area (Å²) in [7, 11) is 0. The van der Waals surface area contributed by atoms with Crippen LogP contribution in [0.3, 0.4) is 0 Å². The van der Waals surface area contributed by atoms with Gasteiger partial charge < -0.3 is 15.5 Å². The number of benzene rings is 1. The van der Waals surface area contributed by atoms with E-state index in [1.165, 1.54) is 18.2 Å². The predicted octanol–water partition coefficient (Wildman–Crippen LogP) is 2.25. The number of hydrogen-bond acceptors (Lipinski definition) is 3. The highest BCUT2D eigenvalue weighted by Crippen LogP contribution is 2.21. The second kappa shape index (κ2) is 6.49. The molecule has 94 valence electrons. The van der Waals surface area contributed by atoms with Crippen LogP contribution < -0.4 is 5.32 Å². The summed E-state index contributed by atoms with van der Waals surface area (Å²) in [5.41, 5.74) is 0.0936. The number of hydrogen-bond donors (Lipinski definition) is 3. The van der Waals surface area contributed by atoms with Crippen molar-refractivity contribution >= 4 is 21.8 Å². The molecule has 0 aromatic heterocycles. The van der Waals surface area contributed by atoms with Crippen LogP contribution in [-0.2, 0) is 0 Å². The van der Waals surface area contributed by atoms with Gasteiger partial charge in [-0.3, -0.25) is 4.79 Å². The molecule has 1 rings (SSSR count). The molecular weight excluding hydrogens is 286 g/mol. The fourth-order valence-electron chi connectivity index (χ4n) is 1.36. The van der Waals surface area contributed by atoms with E-state index >= 15 is 0 Å². The molecule has 0 aliphatic rings. The molecule has 1 aromatic carbocycles. The third kappa shape index (κ3) is 4.26. The van der Waals surface area contributed by atoms with Crippen LogP contribution in [-0.4, -0.2) is 28.0 Å². The van der Waals surface area contributed by atoms with E-state index in [9.17, 15) is 15.0 Å². The van der Waals surface area contributed by atoms with E-state index in [1.807, 2.05) is 6.92 Å². The summed E-state index contributed by atoms with van der Waals surface area (Å²) in [4.78, 5) is 11.7. The lowest BCUT2D eigenvalue weighted by molar-refractivity contribution is 0.0945. The SMILES string of the molecule is CC(CCBr)CNC(=O)c1cc(O)ccc1O. The molecular formula is C12H16BrNO3. The summed E-state index contributed by atoms with van der Waals surface area (Å²) < 4.78 is 0. The van der Waals surface area contributed by atoms with Gasteiger partial charge in [0, 0.05) is 11.9 Å². The smallest absolute Gasteiger partial charge is 0.255 e. The number of nitrogens with one attached hydrogen (secondary N) is 1. The Kier molecular flexibility index (Phi) is 5.28. The number of carbonyl (C=O) groups excluding carboxylic acids is 1. The molecule has 0 aliphatic carbocycles. The van der Waals surface area contributed by atoms with Crippen LogP contribution >= 0.6 is 15.9 Å². The van der Waals surface area contributed by atoms with Gasteiger partial charge in [-0.2, -0.15) is 0 Å². The average Bonchev–Trinajstić information content (AvgIpc) is 2.29. The van der Waals surface area contributed by atoms with Gasteiger partial charge in [-0.25, -0.2) is 0 Å². The second-order valence-corrected chi connectivity index (χ2v) is 4.79. The molecule has 5 heteroatoms. The maximum Gasteiger partial charge on any atom is 0.255 e. The van der Waals surface area contributed by atoms with Gasteiger partial charge in [-0.05, 0) is 30.5 Å². The second-order valence-electron chi connectivity index (χ2n) is 3.99. The summed E-state index contributed by atoms with van der Waals surface area (Å²) in [5.74, 6) is -0.187. The van der Waals surface area contributed by atoms with Crippen molar-refractivity contribution in [1.29, 1.82) is 0 Å². The lowest BCUT2D eigenvalue weighted by Crippen LogP contribution is -2.28. The molecule has 1 unspecified atom stereocenters. The van der Waals surface area contributed by atoms with Gasteiger partial charge >= 0.3 is 0 Å². The normalized spacial score (nSPS) is 12.1. The Labute approximate surface area is 109 Å². The van der Waals surface area contributed by atoms with Crippen molar-refractivity contribution in [3.05, 3.63) is 23.8 Å². The Morgan fingerprint density at radius 1 is 1.47 bits per heavy atom. The average molecular weight is 302 g/mol. The van der Waals surface area contributed by atoms with Gasteiger partial charge in [-0.1, -0.05) is 22.9 Å². The molecule has 0 fully saturated rings. The summed E-state index contributed by atoms with van der Waals surface area (Å²) in [6, 6.07) is 3.88. The zero-order chi connectivity index (χ0) is 12.8. The minimum atomic E-state index is -0.375. The Morgan fingerprint density at radius 2 is 2.18 bits per heavy atom. The molecule has 1 amide bonds. The minimum Gasteiger partial charge on any atom is -0.508 e. The number of carbonyl (C=O) groups is 1. The summed E-state index contributed by atoms with van der Waals surface area (Å²) in [5, 5.41) is 22.4. The lowest BCUT2D eigenvalue weighted by atomic mass is 10.1. The number of amides is 1. The highest BCUT2D eigenvalue weighted by molar-refractivity contribution is 9.09. The van der Waals surface area contributed by atoms with E-state index < -0.39 is 0 Å². The summed E-state index contributed by atoms with van der Waals surface area (Å²) in [6.45, 7) is 2.57. The topological polar surface area (TPSA) is 69.6 Å². The Morgan fingerprint density at radius 3 is 2.82 bits per heavy atom. The largest absolute Gasteiger partial charge is 0.508 e. The zero-order valence-corrected chi connectivity index (χ0v) is 11.2. The first kappa shape index (κ1) is 13.8. The van der Waals surface area contributed by atoms with Crippen molar-refractivity contribution in [2.24, 2.45) is 5.92 Å². The van der Waals surface area contributed by atoms with Crippen molar-refractivity contribution in [1.82, 2.24) is 5.32 Å². The minimum absolute atomic E-state index is 0.0403. The highest BCUT2D eigenvalue weighted by Gasteiger charge is 2.12. The third-order valence-corrected chi connectivity index (χ3v) is 2.90. The molecule has 17 heavy (non-hydrogen) atoms. The van der Waals surface area contributed by atoms with Crippen LogP contribution in [0.25, 0.3) is 0 Å². The Balaban J connectivity index is 2.61. The van der Waals surface area contributed by atoms with Crippen molar-refractivity contribution in [3.8, 4) is 11.5 Å². The fourth-order valence-corrected chi connectivity index (χ4v) is 2.14. The van der Waals surface area contributed by atoms with Crippen LogP contribution in [0, 0.1) is 5.92 Å². The quantitative estimate of drug-likeness (QED) is 0.577. The number of phenolic OH excluding ortho intramolecular Hbond substituents is 2. The number of phenols is 2. The van der Waals surface area contributed by atoms with E-state index in [4.69, 9.17) is 0 Å². The van der Waals surface area contributed by atoms with Crippen LogP contribution in [0.4, 0.5) is 0 Å². The van der Waals surface area contributed by atoms with Gasteiger partial charge in [0.1, 0.15) is 11.5 Å². The molecule has 0 aliphatic heterocycles. The predicted molar refractivity (Wildman–Crippen MR) is 69.7 cm³/mol. The fraction of sp³-hybridized carbons (Fsp3) is 0.417. The van der Waals surface area contributed by atoms with Gasteiger partial charge in [0.15, 0.2) is 0 Å². The lowest BCUT2D eigenvalue weighted by Gasteiger charge is -2.11. The van der Waals surface area contributed by atoms with Gasteiger partial charge in [-0.15, -0.1) is 0 Å². The van der Waals surface area contributed by atoms with E-state index in [0.717, 1.165) is 11.8 Å². The maximum atomic E-state index is 11.7. The monoisotopic (exact) mass is 301 g/mol. The van der Waals surface area contributed by atoms with E-state index in [0.29, 0.717) is 12.5 Å². The van der Waals surface area contributed by atoms with Gasteiger partial charge in [0.25, 0.3) is 5.91 Å². The van der Waals surface area contributed by atoms with E-state index in [2.05, 4.69) is 21.2 Å². The molecule has 0 heterocycles. The number of aromatic hydroxyl groups is 2. The van der Waals surface area contributed by atoms with Crippen LogP contribution in [0.15, 0.2) is 18.2 Å². The zero-order valence-electron chi connectivity index (χ0n) is 9.61. The van der Waals surface area contributed by atoms with Crippen LogP contribution in [0.1, 0.15) is 23.7 Å². The van der Waals surface area contributed by atoms with Crippen molar-refractivity contribution in [2.45, 2.75) is 13.3 Å². The van der Waals surface area contributed by atoms with Crippen LogP contribution in [0.5, 0.6) is 11.5 Å². The maximum absolute atomic E-state index is 11.7. The van der Waals surface area contributed by atoms with E-state index in [-0.39, 0.29) is 23.0 Å². The first-order chi connectivity index (χ1) is 8.04. The molecule has 0 saturated carbocycles. The van der Waals surface area contributed by atoms with Crippen molar-refractivity contribution in [3.63, 3.8) is 0 Å². The number of rotatable bonds is 5. The molecule has 0 spiro atoms. The van der Waals surface area contributed by atoms with E-state index in [1.54, 1.807) is 0 Å². The number of halogens is 1. The Hall–Kier alpha value is -1.23. The number of alkyl halides is 1. The molecule has 3 N–H and O–H groups in total. The van der Waals surface area contributed by atoms with Gasteiger partial charge in [0.2, 0.25) is 0 Å². The molecule has 1 atom stereocenters. The van der Waals surface area contributed by atoms with Crippen molar-refractivity contribution < 1.29 is 15.0 Å². The van der Waals surface area contributed by atoms with Crippen LogP contribution in [0.2, 0.25) is 0 Å². The Bertz CT molecular complexity index is 395. The highest BCUT2D eigenvalue weighted by atomic mass is 79.9. The first-order valence-electron chi connectivity index (χ1n) is 5.40.